The van der Waals surface area contributed by atoms with E-state index in [2.05, 4.69) is 0 Å². The molecule has 14 heavy (non-hydrogen) atoms. The lowest BCUT2D eigenvalue weighted by Gasteiger charge is -2.12. The van der Waals surface area contributed by atoms with Crippen LogP contribution in [-0.2, 0) is 9.53 Å². The second-order valence-corrected chi connectivity index (χ2v) is 3.30. The molecule has 0 fully saturated rings. The summed E-state index contributed by atoms with van der Waals surface area (Å²) in [6, 6.07) is 8.73. The van der Waals surface area contributed by atoms with Gasteiger partial charge in [-0.15, -0.1) is 0 Å². The van der Waals surface area contributed by atoms with Crippen LogP contribution in [0.1, 0.15) is 25.5 Å². The number of rotatable bonds is 3. The average Bonchev–Trinajstić information content (AvgIpc) is 2.17. The number of hydrogen-bond donors (Lipinski definition) is 1. The highest BCUT2D eigenvalue weighted by atomic mass is 16.6. The van der Waals surface area contributed by atoms with Gasteiger partial charge < -0.3 is 9.84 Å². The van der Waals surface area contributed by atoms with E-state index >= 15 is 0 Å². The van der Waals surface area contributed by atoms with Crippen LogP contribution in [-0.4, -0.2) is 17.2 Å². The van der Waals surface area contributed by atoms with Gasteiger partial charge in [0.1, 0.15) is 0 Å². The Morgan fingerprint density at radius 2 is 1.86 bits per heavy atom. The first kappa shape index (κ1) is 10.7. The van der Waals surface area contributed by atoms with Crippen molar-refractivity contribution < 1.29 is 14.6 Å². The van der Waals surface area contributed by atoms with Crippen molar-refractivity contribution in [2.75, 3.05) is 0 Å². The molecule has 1 rings (SSSR count). The first-order chi connectivity index (χ1) is 6.61. The third-order valence-corrected chi connectivity index (χ3v) is 1.69. The Morgan fingerprint density at radius 3 is 2.36 bits per heavy atom. The third-order valence-electron chi connectivity index (χ3n) is 1.69. The summed E-state index contributed by atoms with van der Waals surface area (Å²) in [7, 11) is 0. The molecule has 3 nitrogen and oxygen atoms in total. The van der Waals surface area contributed by atoms with Crippen LogP contribution in [0.25, 0.3) is 0 Å². The van der Waals surface area contributed by atoms with Crippen molar-refractivity contribution in [3.63, 3.8) is 0 Å². The fraction of sp³-hybridized carbons (Fsp3) is 0.364. The van der Waals surface area contributed by atoms with Crippen molar-refractivity contribution in [1.29, 1.82) is 0 Å². The van der Waals surface area contributed by atoms with Crippen LogP contribution in [0.2, 0.25) is 0 Å². The van der Waals surface area contributed by atoms with Gasteiger partial charge in [0, 0.05) is 0 Å². The molecule has 0 spiro atoms. The molecule has 3 heteroatoms. The van der Waals surface area contributed by atoms with E-state index in [1.807, 2.05) is 6.07 Å². The molecule has 0 aliphatic heterocycles. The minimum Gasteiger partial charge on any atom is -0.461 e. The molecule has 0 amide bonds. The van der Waals surface area contributed by atoms with Gasteiger partial charge in [0.05, 0.1) is 6.10 Å². The Hall–Kier alpha value is -1.35. The Morgan fingerprint density at radius 1 is 1.29 bits per heavy atom. The van der Waals surface area contributed by atoms with Crippen molar-refractivity contribution >= 4 is 5.97 Å². The zero-order valence-corrected chi connectivity index (χ0v) is 8.31. The normalized spacial score (nSPS) is 12.6. The fourth-order valence-electron chi connectivity index (χ4n) is 1.07. The number of esters is 1. The highest BCUT2D eigenvalue weighted by Crippen LogP contribution is 2.14. The van der Waals surface area contributed by atoms with E-state index in [9.17, 15) is 9.90 Å². The van der Waals surface area contributed by atoms with E-state index in [1.54, 1.807) is 38.1 Å². The summed E-state index contributed by atoms with van der Waals surface area (Å²) < 4.78 is 4.88. The minimum atomic E-state index is -1.18. The zero-order valence-electron chi connectivity index (χ0n) is 8.31. The number of hydrogen-bond acceptors (Lipinski definition) is 3. The number of aliphatic hydroxyl groups is 1. The van der Waals surface area contributed by atoms with Gasteiger partial charge in [-0.05, 0) is 19.4 Å². The Balaban J connectivity index is 2.66. The topological polar surface area (TPSA) is 46.5 Å². The summed E-state index contributed by atoms with van der Waals surface area (Å²) in [5, 5.41) is 9.56. The molecule has 0 saturated carbocycles. The number of ether oxygens (including phenoxy) is 1. The predicted octanol–water partition coefficient (Wildman–Crippen LogP) is 1.67. The predicted molar refractivity (Wildman–Crippen MR) is 52.6 cm³/mol. The first-order valence-electron chi connectivity index (χ1n) is 4.54. The van der Waals surface area contributed by atoms with Gasteiger partial charge in [0.25, 0.3) is 0 Å². The molecule has 0 aromatic heterocycles. The summed E-state index contributed by atoms with van der Waals surface area (Å²) in [6.07, 6.45) is -1.39. The standard InChI is InChI=1S/C11H14O3/c1-8(2)14-11(13)10(12)9-6-4-3-5-7-9/h3-8,10,12H,1-2H3/t10-/m0/s1. The zero-order chi connectivity index (χ0) is 10.6. The molecular formula is C11H14O3. The van der Waals surface area contributed by atoms with E-state index in [0.717, 1.165) is 0 Å². The van der Waals surface area contributed by atoms with E-state index in [0.29, 0.717) is 5.56 Å². The summed E-state index contributed by atoms with van der Waals surface area (Å²) in [6.45, 7) is 3.49. The van der Waals surface area contributed by atoms with E-state index in [-0.39, 0.29) is 6.10 Å². The number of carbonyl (C=O) groups is 1. The quantitative estimate of drug-likeness (QED) is 0.744. The second kappa shape index (κ2) is 4.77. The maximum atomic E-state index is 11.3. The largest absolute Gasteiger partial charge is 0.461 e. The molecule has 0 unspecified atom stereocenters. The van der Waals surface area contributed by atoms with Crippen molar-refractivity contribution in [3.05, 3.63) is 35.9 Å². The van der Waals surface area contributed by atoms with Crippen LogP contribution < -0.4 is 0 Å². The molecule has 1 N–H and O–H groups in total. The van der Waals surface area contributed by atoms with Gasteiger partial charge in [-0.1, -0.05) is 30.3 Å². The summed E-state index contributed by atoms with van der Waals surface area (Å²) in [5.41, 5.74) is 0.554. The van der Waals surface area contributed by atoms with Gasteiger partial charge in [0.2, 0.25) is 0 Å². The Bertz CT molecular complexity index is 293. The summed E-state index contributed by atoms with van der Waals surface area (Å²) in [5.74, 6) is -0.605. The molecule has 0 radical (unpaired) electrons. The minimum absolute atomic E-state index is 0.208. The van der Waals surface area contributed by atoms with Crippen LogP contribution >= 0.6 is 0 Å². The van der Waals surface area contributed by atoms with Crippen molar-refractivity contribution in [1.82, 2.24) is 0 Å². The monoisotopic (exact) mass is 194 g/mol. The number of benzene rings is 1. The van der Waals surface area contributed by atoms with E-state index in [4.69, 9.17) is 4.74 Å². The summed E-state index contributed by atoms with van der Waals surface area (Å²) in [4.78, 5) is 11.3. The highest BCUT2D eigenvalue weighted by molar-refractivity contribution is 5.76. The maximum absolute atomic E-state index is 11.3. The first-order valence-corrected chi connectivity index (χ1v) is 4.54. The van der Waals surface area contributed by atoms with Gasteiger partial charge in [-0.2, -0.15) is 0 Å². The Labute approximate surface area is 83.3 Å². The van der Waals surface area contributed by atoms with Gasteiger partial charge >= 0.3 is 5.97 Å². The molecule has 0 saturated heterocycles. The molecular weight excluding hydrogens is 180 g/mol. The van der Waals surface area contributed by atoms with E-state index < -0.39 is 12.1 Å². The second-order valence-electron chi connectivity index (χ2n) is 3.30. The maximum Gasteiger partial charge on any atom is 0.339 e. The van der Waals surface area contributed by atoms with Crippen LogP contribution in [0.15, 0.2) is 30.3 Å². The molecule has 76 valence electrons. The molecule has 0 aliphatic rings. The highest BCUT2D eigenvalue weighted by Gasteiger charge is 2.19. The molecule has 0 aliphatic carbocycles. The SMILES string of the molecule is CC(C)OC(=O)[C@@H](O)c1ccccc1. The van der Waals surface area contributed by atoms with Gasteiger partial charge in [0.15, 0.2) is 6.10 Å². The van der Waals surface area contributed by atoms with Gasteiger partial charge in [-0.25, -0.2) is 4.79 Å². The lowest BCUT2D eigenvalue weighted by atomic mass is 10.1. The molecule has 0 bridgehead atoms. The number of carbonyl (C=O) groups excluding carboxylic acids is 1. The van der Waals surface area contributed by atoms with Gasteiger partial charge in [-0.3, -0.25) is 0 Å². The lowest BCUT2D eigenvalue weighted by Crippen LogP contribution is -2.19. The third kappa shape index (κ3) is 2.85. The molecule has 1 aromatic carbocycles. The molecule has 0 heterocycles. The summed E-state index contributed by atoms with van der Waals surface area (Å²) >= 11 is 0. The average molecular weight is 194 g/mol. The van der Waals surface area contributed by atoms with Crippen molar-refractivity contribution in [2.24, 2.45) is 0 Å². The molecule has 1 aromatic rings. The fourth-order valence-corrected chi connectivity index (χ4v) is 1.07. The van der Waals surface area contributed by atoms with Crippen LogP contribution in [0.4, 0.5) is 0 Å². The molecule has 1 atom stereocenters. The smallest absolute Gasteiger partial charge is 0.339 e. The Kier molecular flexibility index (Phi) is 3.65. The van der Waals surface area contributed by atoms with Crippen LogP contribution in [0.5, 0.6) is 0 Å². The van der Waals surface area contributed by atoms with Crippen LogP contribution in [0.3, 0.4) is 0 Å². The van der Waals surface area contributed by atoms with Crippen LogP contribution in [0, 0.1) is 0 Å². The van der Waals surface area contributed by atoms with Crippen molar-refractivity contribution in [2.45, 2.75) is 26.1 Å². The lowest BCUT2D eigenvalue weighted by molar-refractivity contribution is -0.157. The number of aliphatic hydroxyl groups excluding tert-OH is 1. The van der Waals surface area contributed by atoms with E-state index in [1.165, 1.54) is 0 Å². The van der Waals surface area contributed by atoms with Crippen molar-refractivity contribution in [3.8, 4) is 0 Å².